The first-order chi connectivity index (χ1) is 12.7. The van der Waals surface area contributed by atoms with E-state index >= 15 is 0 Å². The number of anilines is 1. The van der Waals surface area contributed by atoms with E-state index in [1.165, 1.54) is 4.31 Å². The Morgan fingerprint density at radius 1 is 1.33 bits per heavy atom. The molecule has 27 heavy (non-hydrogen) atoms. The lowest BCUT2D eigenvalue weighted by Gasteiger charge is -2.31. The molecule has 1 aliphatic rings. The highest BCUT2D eigenvalue weighted by molar-refractivity contribution is 7.89. The van der Waals surface area contributed by atoms with E-state index < -0.39 is 15.9 Å². The van der Waals surface area contributed by atoms with Gasteiger partial charge in [0.2, 0.25) is 15.9 Å². The van der Waals surface area contributed by atoms with E-state index in [9.17, 15) is 13.2 Å². The summed E-state index contributed by atoms with van der Waals surface area (Å²) in [5.74, 6) is -0.393. The maximum atomic E-state index is 13.0. The van der Waals surface area contributed by atoms with Gasteiger partial charge >= 0.3 is 0 Å². The summed E-state index contributed by atoms with van der Waals surface area (Å²) in [7, 11) is -3.76. The standard InChI is InChI=1S/C18H22ClN3O4S/c1-11-6-7-15(9-16(11)19)20-18(23)14-5-4-8-22(10-14)27(24,25)17-12(2)21-26-13(17)3/h6-7,9,14H,4-5,8,10H2,1-3H3,(H,20,23). The molecule has 1 aliphatic heterocycles. The third-order valence-electron chi connectivity index (χ3n) is 4.76. The van der Waals surface area contributed by atoms with E-state index in [1.807, 2.05) is 13.0 Å². The number of halogens is 1. The molecule has 0 spiro atoms. The molecule has 7 nitrogen and oxygen atoms in total. The van der Waals surface area contributed by atoms with Crippen LogP contribution in [0.15, 0.2) is 27.6 Å². The number of carbonyl (C=O) groups is 1. The lowest BCUT2D eigenvalue weighted by atomic mass is 9.98. The van der Waals surface area contributed by atoms with Crippen LogP contribution in [-0.2, 0) is 14.8 Å². The molecule has 0 bridgehead atoms. The van der Waals surface area contributed by atoms with Crippen molar-refractivity contribution in [3.63, 3.8) is 0 Å². The van der Waals surface area contributed by atoms with Gasteiger partial charge in [0.05, 0.1) is 5.92 Å². The van der Waals surface area contributed by atoms with Crippen LogP contribution >= 0.6 is 11.6 Å². The zero-order valence-corrected chi connectivity index (χ0v) is 17.0. The number of piperidine rings is 1. The predicted molar refractivity (Wildman–Crippen MR) is 102 cm³/mol. The van der Waals surface area contributed by atoms with Crippen molar-refractivity contribution in [1.29, 1.82) is 0 Å². The molecule has 1 fully saturated rings. The number of hydrogen-bond acceptors (Lipinski definition) is 5. The number of amides is 1. The van der Waals surface area contributed by atoms with Crippen LogP contribution < -0.4 is 5.32 Å². The SMILES string of the molecule is Cc1ccc(NC(=O)C2CCCN(S(=O)(=O)c3c(C)noc3C)C2)cc1Cl. The number of aryl methyl sites for hydroxylation is 3. The maximum Gasteiger partial charge on any atom is 0.248 e. The second-order valence-electron chi connectivity index (χ2n) is 6.81. The molecule has 1 saturated heterocycles. The molecule has 0 saturated carbocycles. The van der Waals surface area contributed by atoms with Gasteiger partial charge < -0.3 is 9.84 Å². The fraction of sp³-hybridized carbons (Fsp3) is 0.444. The van der Waals surface area contributed by atoms with Crippen LogP contribution in [0.2, 0.25) is 5.02 Å². The summed E-state index contributed by atoms with van der Waals surface area (Å²) in [6, 6.07) is 5.29. The van der Waals surface area contributed by atoms with Gasteiger partial charge in [-0.25, -0.2) is 8.42 Å². The molecule has 1 aromatic heterocycles. The first-order valence-corrected chi connectivity index (χ1v) is 10.5. The number of nitrogens with one attached hydrogen (secondary N) is 1. The van der Waals surface area contributed by atoms with Crippen molar-refractivity contribution in [2.45, 2.75) is 38.5 Å². The van der Waals surface area contributed by atoms with Crippen LogP contribution in [-0.4, -0.2) is 36.9 Å². The van der Waals surface area contributed by atoms with E-state index in [0.29, 0.717) is 35.8 Å². The van der Waals surface area contributed by atoms with E-state index in [1.54, 1.807) is 26.0 Å². The lowest BCUT2D eigenvalue weighted by molar-refractivity contribution is -0.120. The summed E-state index contributed by atoms with van der Waals surface area (Å²) in [5, 5.41) is 7.13. The van der Waals surface area contributed by atoms with Gasteiger partial charge in [0.1, 0.15) is 10.6 Å². The summed E-state index contributed by atoms with van der Waals surface area (Å²) in [6.45, 7) is 5.54. The number of carbonyl (C=O) groups excluding carboxylic acids is 1. The average molecular weight is 412 g/mol. The van der Waals surface area contributed by atoms with Crippen molar-refractivity contribution >= 4 is 33.2 Å². The highest BCUT2D eigenvalue weighted by atomic mass is 35.5. The van der Waals surface area contributed by atoms with Crippen LogP contribution in [0.5, 0.6) is 0 Å². The van der Waals surface area contributed by atoms with Crippen molar-refractivity contribution in [3.05, 3.63) is 40.2 Å². The van der Waals surface area contributed by atoms with Crippen LogP contribution in [0, 0.1) is 26.7 Å². The Morgan fingerprint density at radius 2 is 2.07 bits per heavy atom. The van der Waals surface area contributed by atoms with Crippen molar-refractivity contribution in [1.82, 2.24) is 9.46 Å². The fourth-order valence-corrected chi connectivity index (χ4v) is 5.26. The van der Waals surface area contributed by atoms with Crippen molar-refractivity contribution in [2.75, 3.05) is 18.4 Å². The van der Waals surface area contributed by atoms with E-state index in [2.05, 4.69) is 10.5 Å². The van der Waals surface area contributed by atoms with Gasteiger partial charge in [0, 0.05) is 23.8 Å². The van der Waals surface area contributed by atoms with Crippen LogP contribution in [0.1, 0.15) is 29.9 Å². The molecular formula is C18H22ClN3O4S. The van der Waals surface area contributed by atoms with Crippen LogP contribution in [0.3, 0.4) is 0 Å². The quantitative estimate of drug-likeness (QED) is 0.833. The van der Waals surface area contributed by atoms with Crippen LogP contribution in [0.25, 0.3) is 0 Å². The van der Waals surface area contributed by atoms with Gasteiger partial charge in [-0.1, -0.05) is 22.8 Å². The van der Waals surface area contributed by atoms with Gasteiger partial charge in [-0.2, -0.15) is 4.31 Å². The van der Waals surface area contributed by atoms with Gasteiger partial charge in [-0.15, -0.1) is 0 Å². The first-order valence-electron chi connectivity index (χ1n) is 8.70. The first kappa shape index (κ1) is 19.9. The molecule has 1 atom stereocenters. The highest BCUT2D eigenvalue weighted by Gasteiger charge is 2.36. The zero-order chi connectivity index (χ0) is 19.8. The smallest absolute Gasteiger partial charge is 0.248 e. The minimum absolute atomic E-state index is 0.0916. The molecule has 1 N–H and O–H groups in total. The molecular weight excluding hydrogens is 390 g/mol. The van der Waals surface area contributed by atoms with Gasteiger partial charge in [0.25, 0.3) is 0 Å². The Bertz CT molecular complexity index is 951. The third kappa shape index (κ3) is 4.02. The molecule has 146 valence electrons. The number of nitrogens with zero attached hydrogens (tertiary/aromatic N) is 2. The van der Waals surface area contributed by atoms with Gasteiger partial charge in [-0.05, 0) is 51.3 Å². The molecule has 2 heterocycles. The third-order valence-corrected chi connectivity index (χ3v) is 7.28. The Morgan fingerprint density at radius 3 is 2.70 bits per heavy atom. The largest absolute Gasteiger partial charge is 0.360 e. The van der Waals surface area contributed by atoms with Gasteiger partial charge in [-0.3, -0.25) is 4.79 Å². The van der Waals surface area contributed by atoms with Crippen molar-refractivity contribution in [3.8, 4) is 0 Å². The minimum atomic E-state index is -3.76. The van der Waals surface area contributed by atoms with E-state index in [0.717, 1.165) is 5.56 Å². The number of hydrogen-bond donors (Lipinski definition) is 1. The molecule has 3 rings (SSSR count). The summed E-state index contributed by atoms with van der Waals surface area (Å²) in [6.07, 6.45) is 1.23. The molecule has 2 aromatic rings. The normalized spacial score (nSPS) is 18.4. The van der Waals surface area contributed by atoms with Crippen molar-refractivity contribution in [2.24, 2.45) is 5.92 Å². The van der Waals surface area contributed by atoms with E-state index in [4.69, 9.17) is 16.1 Å². The summed E-state index contributed by atoms with van der Waals surface area (Å²) in [4.78, 5) is 12.7. The molecule has 1 aromatic carbocycles. The predicted octanol–water partition coefficient (Wildman–Crippen LogP) is 3.29. The van der Waals surface area contributed by atoms with Crippen molar-refractivity contribution < 1.29 is 17.7 Å². The molecule has 0 aliphatic carbocycles. The molecule has 1 unspecified atom stereocenters. The Labute approximate surface area is 163 Å². The Kier molecular flexibility index (Phi) is 5.60. The maximum absolute atomic E-state index is 13.0. The molecule has 1 amide bonds. The summed E-state index contributed by atoms with van der Waals surface area (Å²) in [5.41, 5.74) is 1.85. The lowest BCUT2D eigenvalue weighted by Crippen LogP contribution is -2.43. The second-order valence-corrected chi connectivity index (χ2v) is 9.09. The molecule has 9 heteroatoms. The number of sulfonamides is 1. The number of rotatable bonds is 4. The number of benzene rings is 1. The van der Waals surface area contributed by atoms with Crippen LogP contribution in [0.4, 0.5) is 5.69 Å². The fourth-order valence-electron chi connectivity index (χ4n) is 3.26. The second kappa shape index (κ2) is 7.61. The average Bonchev–Trinajstić information content (AvgIpc) is 2.97. The Hall–Kier alpha value is -1.90. The monoisotopic (exact) mass is 411 g/mol. The zero-order valence-electron chi connectivity index (χ0n) is 15.5. The Balaban J connectivity index is 1.75. The minimum Gasteiger partial charge on any atom is -0.360 e. The molecule has 0 radical (unpaired) electrons. The van der Waals surface area contributed by atoms with Gasteiger partial charge in [0.15, 0.2) is 5.76 Å². The number of aromatic nitrogens is 1. The van der Waals surface area contributed by atoms with E-state index in [-0.39, 0.29) is 23.1 Å². The summed E-state index contributed by atoms with van der Waals surface area (Å²) >= 11 is 6.10. The summed E-state index contributed by atoms with van der Waals surface area (Å²) < 4.78 is 32.3. The highest BCUT2D eigenvalue weighted by Crippen LogP contribution is 2.28. The topological polar surface area (TPSA) is 92.5 Å².